The minimum absolute atomic E-state index is 0.278. The summed E-state index contributed by atoms with van der Waals surface area (Å²) < 4.78 is 8.25. The zero-order valence-corrected chi connectivity index (χ0v) is 17.6. The van der Waals surface area contributed by atoms with Gasteiger partial charge in [-0.05, 0) is 42.5 Å². The molecule has 154 valence electrons. The van der Waals surface area contributed by atoms with E-state index in [1.807, 2.05) is 30.3 Å². The van der Waals surface area contributed by atoms with Crippen LogP contribution in [0.2, 0.25) is 0 Å². The number of imidazole rings is 1. The maximum Gasteiger partial charge on any atom is 0.122 e. The Morgan fingerprint density at radius 2 is 1.76 bits per heavy atom. The first-order valence-electron chi connectivity index (χ1n) is 11.0. The van der Waals surface area contributed by atoms with Crippen LogP contribution in [0.25, 0.3) is 11.0 Å². The number of aromatic nitrogens is 2. The highest BCUT2D eigenvalue weighted by Gasteiger charge is 2.23. The summed E-state index contributed by atoms with van der Waals surface area (Å²) >= 11 is 0. The Labute approximate surface area is 173 Å². The molecule has 1 heterocycles. The summed E-state index contributed by atoms with van der Waals surface area (Å²) in [6, 6.07) is 16.4. The van der Waals surface area contributed by atoms with Gasteiger partial charge in [0, 0.05) is 5.92 Å². The normalized spacial score (nSPS) is 16.4. The second-order valence-electron chi connectivity index (χ2n) is 8.56. The van der Waals surface area contributed by atoms with Crippen LogP contribution in [-0.2, 0) is 6.54 Å². The van der Waals surface area contributed by atoms with Gasteiger partial charge in [-0.15, -0.1) is 0 Å². The van der Waals surface area contributed by atoms with Crippen LogP contribution in [0.3, 0.4) is 0 Å². The molecule has 1 saturated carbocycles. The topological polar surface area (TPSA) is 47.3 Å². The van der Waals surface area contributed by atoms with E-state index in [4.69, 9.17) is 9.72 Å². The predicted molar refractivity (Wildman–Crippen MR) is 118 cm³/mol. The van der Waals surface area contributed by atoms with Crippen molar-refractivity contribution < 1.29 is 9.84 Å². The molecule has 4 rings (SSSR count). The van der Waals surface area contributed by atoms with Crippen LogP contribution in [-0.4, -0.2) is 27.4 Å². The molecule has 0 aliphatic heterocycles. The largest absolute Gasteiger partial charge is 0.491 e. The first-order chi connectivity index (χ1) is 14.1. The van der Waals surface area contributed by atoms with Crippen LogP contribution in [0.5, 0.6) is 5.75 Å². The van der Waals surface area contributed by atoms with E-state index in [0.717, 1.165) is 22.6 Å². The number of hydrogen-bond acceptors (Lipinski definition) is 3. The smallest absolute Gasteiger partial charge is 0.122 e. The molecule has 1 atom stereocenters. The molecule has 1 unspecified atom stereocenters. The number of aliphatic hydroxyl groups excluding tert-OH is 1. The molecular weight excluding hydrogens is 360 g/mol. The minimum atomic E-state index is -0.588. The Hall–Kier alpha value is -2.33. The summed E-state index contributed by atoms with van der Waals surface area (Å²) in [5.41, 5.74) is 3.30. The fourth-order valence-electron chi connectivity index (χ4n) is 4.50. The predicted octanol–water partition coefficient (Wildman–Crippen LogP) is 5.65. The molecule has 0 bridgehead atoms. The molecule has 1 aromatic heterocycles. The standard InChI is InChI=1S/C25H32N2O2/c1-18(2)21-12-6-9-15-24(21)29-17-20(28)16-27-23-14-8-7-13-22(23)26-25(27)19-10-4-3-5-11-19/h6-9,12-15,18-20,28H,3-5,10-11,16-17H2,1-2H3. The van der Waals surface area contributed by atoms with Gasteiger partial charge in [-0.3, -0.25) is 0 Å². The summed E-state index contributed by atoms with van der Waals surface area (Å²) in [7, 11) is 0. The lowest BCUT2D eigenvalue weighted by Gasteiger charge is -2.23. The van der Waals surface area contributed by atoms with Crippen molar-refractivity contribution in [3.8, 4) is 5.75 Å². The molecule has 0 amide bonds. The summed E-state index contributed by atoms with van der Waals surface area (Å²) in [4.78, 5) is 4.96. The molecule has 0 spiro atoms. The third-order valence-corrected chi connectivity index (χ3v) is 6.02. The maximum absolute atomic E-state index is 10.8. The number of benzene rings is 2. The average molecular weight is 393 g/mol. The van der Waals surface area contributed by atoms with Gasteiger partial charge in [0.15, 0.2) is 0 Å². The van der Waals surface area contributed by atoms with Gasteiger partial charge >= 0.3 is 0 Å². The van der Waals surface area contributed by atoms with Crippen molar-refractivity contribution in [2.75, 3.05) is 6.61 Å². The zero-order valence-electron chi connectivity index (χ0n) is 17.6. The molecule has 1 fully saturated rings. The Kier molecular flexibility index (Phi) is 6.19. The van der Waals surface area contributed by atoms with Crippen molar-refractivity contribution in [2.24, 2.45) is 0 Å². The van der Waals surface area contributed by atoms with Gasteiger partial charge in [0.05, 0.1) is 17.6 Å². The second-order valence-corrected chi connectivity index (χ2v) is 8.56. The van der Waals surface area contributed by atoms with Crippen LogP contribution in [0.1, 0.15) is 69.2 Å². The number of hydrogen-bond donors (Lipinski definition) is 1. The summed E-state index contributed by atoms with van der Waals surface area (Å²) in [6.45, 7) is 5.11. The lowest BCUT2D eigenvalue weighted by molar-refractivity contribution is 0.0916. The van der Waals surface area contributed by atoms with Crippen LogP contribution >= 0.6 is 0 Å². The highest BCUT2D eigenvalue weighted by molar-refractivity contribution is 5.76. The number of aliphatic hydroxyl groups is 1. The van der Waals surface area contributed by atoms with E-state index in [1.54, 1.807) is 0 Å². The van der Waals surface area contributed by atoms with Gasteiger partial charge in [0.2, 0.25) is 0 Å². The van der Waals surface area contributed by atoms with E-state index < -0.39 is 6.10 Å². The van der Waals surface area contributed by atoms with Gasteiger partial charge in [0.25, 0.3) is 0 Å². The van der Waals surface area contributed by atoms with Crippen LogP contribution in [0.4, 0.5) is 0 Å². The van der Waals surface area contributed by atoms with Crippen LogP contribution < -0.4 is 4.74 Å². The monoisotopic (exact) mass is 392 g/mol. The third-order valence-electron chi connectivity index (χ3n) is 6.02. The summed E-state index contributed by atoms with van der Waals surface area (Å²) in [5.74, 6) is 2.88. The highest BCUT2D eigenvalue weighted by Crippen LogP contribution is 2.34. The molecule has 4 nitrogen and oxygen atoms in total. The highest BCUT2D eigenvalue weighted by atomic mass is 16.5. The minimum Gasteiger partial charge on any atom is -0.491 e. The van der Waals surface area contributed by atoms with E-state index in [2.05, 4.69) is 36.6 Å². The van der Waals surface area contributed by atoms with Crippen molar-refractivity contribution >= 4 is 11.0 Å². The molecule has 4 heteroatoms. The first-order valence-corrected chi connectivity index (χ1v) is 11.0. The molecule has 29 heavy (non-hydrogen) atoms. The van der Waals surface area contributed by atoms with E-state index in [1.165, 1.54) is 37.7 Å². The quantitative estimate of drug-likeness (QED) is 0.565. The molecule has 3 aromatic rings. The van der Waals surface area contributed by atoms with Crippen molar-refractivity contribution in [3.05, 3.63) is 59.9 Å². The van der Waals surface area contributed by atoms with Gasteiger partial charge in [-0.25, -0.2) is 4.98 Å². The lowest BCUT2D eigenvalue weighted by atomic mass is 9.88. The van der Waals surface area contributed by atoms with E-state index in [-0.39, 0.29) is 6.61 Å². The van der Waals surface area contributed by atoms with Gasteiger partial charge in [-0.1, -0.05) is 63.4 Å². The Morgan fingerprint density at radius 3 is 2.55 bits per heavy atom. The Balaban J connectivity index is 1.52. The molecule has 1 N–H and O–H groups in total. The number of rotatable bonds is 7. The SMILES string of the molecule is CC(C)c1ccccc1OCC(O)Cn1c(C2CCCCC2)nc2ccccc21. The molecular formula is C25H32N2O2. The van der Waals surface area contributed by atoms with Crippen LogP contribution in [0, 0.1) is 0 Å². The van der Waals surface area contributed by atoms with Gasteiger partial charge < -0.3 is 14.4 Å². The van der Waals surface area contributed by atoms with Crippen molar-refractivity contribution in [1.29, 1.82) is 0 Å². The van der Waals surface area contributed by atoms with E-state index in [9.17, 15) is 5.11 Å². The fraction of sp³-hybridized carbons (Fsp3) is 0.480. The number of nitrogens with zero attached hydrogens (tertiary/aromatic N) is 2. The van der Waals surface area contributed by atoms with Crippen molar-refractivity contribution in [2.45, 2.75) is 70.4 Å². The van der Waals surface area contributed by atoms with E-state index in [0.29, 0.717) is 18.4 Å². The van der Waals surface area contributed by atoms with Crippen LogP contribution in [0.15, 0.2) is 48.5 Å². The second kappa shape index (κ2) is 9.00. The van der Waals surface area contributed by atoms with Crippen molar-refractivity contribution in [3.63, 3.8) is 0 Å². The average Bonchev–Trinajstić information content (AvgIpc) is 3.11. The number of ether oxygens (including phenoxy) is 1. The fourth-order valence-corrected chi connectivity index (χ4v) is 4.50. The van der Waals surface area contributed by atoms with Crippen molar-refractivity contribution in [1.82, 2.24) is 9.55 Å². The molecule has 0 radical (unpaired) electrons. The van der Waals surface area contributed by atoms with Gasteiger partial charge in [0.1, 0.15) is 24.3 Å². The Bertz CT molecular complexity index is 941. The number of fused-ring (bicyclic) bond motifs is 1. The Morgan fingerprint density at radius 1 is 1.03 bits per heavy atom. The molecule has 2 aromatic carbocycles. The number of para-hydroxylation sites is 3. The lowest BCUT2D eigenvalue weighted by Crippen LogP contribution is -2.25. The molecule has 0 saturated heterocycles. The summed E-state index contributed by atoms with van der Waals surface area (Å²) in [5, 5.41) is 10.8. The third kappa shape index (κ3) is 4.48. The maximum atomic E-state index is 10.8. The molecule has 1 aliphatic rings. The van der Waals surface area contributed by atoms with Gasteiger partial charge in [-0.2, -0.15) is 0 Å². The molecule has 1 aliphatic carbocycles. The summed E-state index contributed by atoms with van der Waals surface area (Å²) in [6.07, 6.45) is 5.66. The van der Waals surface area contributed by atoms with E-state index >= 15 is 0 Å². The first kappa shape index (κ1) is 20.0. The zero-order chi connectivity index (χ0) is 20.2.